The number of benzene rings is 1. The minimum atomic E-state index is -0.0928. The minimum absolute atomic E-state index is 0.0928. The van der Waals surface area contributed by atoms with Crippen molar-refractivity contribution in [3.05, 3.63) is 40.0 Å². The summed E-state index contributed by atoms with van der Waals surface area (Å²) in [4.78, 5) is 18.6. The van der Waals surface area contributed by atoms with Gasteiger partial charge in [0.15, 0.2) is 0 Å². The second kappa shape index (κ2) is 6.86. The highest BCUT2D eigenvalue weighted by molar-refractivity contribution is 9.10. The monoisotopic (exact) mass is 415 g/mol. The lowest BCUT2D eigenvalue weighted by Gasteiger charge is -2.39. The Bertz CT molecular complexity index is 885. The number of fused-ring (bicyclic) bond motifs is 2. The maximum atomic E-state index is 12.8. The van der Waals surface area contributed by atoms with Gasteiger partial charge >= 0.3 is 0 Å². The van der Waals surface area contributed by atoms with E-state index in [1.54, 1.807) is 0 Å². The molecule has 1 amide bonds. The number of carbonyl (C=O) groups is 1. The molecule has 1 aromatic heterocycles. The Kier molecular flexibility index (Phi) is 4.70. The zero-order chi connectivity index (χ0) is 18.4. The average molecular weight is 416 g/mol. The fraction of sp³-hybridized carbons (Fsp3) is 0.476. The van der Waals surface area contributed by atoms with Gasteiger partial charge in [-0.05, 0) is 65.5 Å². The second-order valence-electron chi connectivity index (χ2n) is 7.73. The van der Waals surface area contributed by atoms with Gasteiger partial charge in [-0.2, -0.15) is 0 Å². The van der Waals surface area contributed by atoms with E-state index in [2.05, 4.69) is 76.3 Å². The summed E-state index contributed by atoms with van der Waals surface area (Å²) in [5.41, 5.74) is 5.08. The van der Waals surface area contributed by atoms with Gasteiger partial charge in [-0.3, -0.25) is 9.69 Å². The summed E-state index contributed by atoms with van der Waals surface area (Å²) < 4.78 is 1.08. The molecule has 26 heavy (non-hydrogen) atoms. The van der Waals surface area contributed by atoms with Crippen LogP contribution in [-0.4, -0.2) is 41.5 Å². The standard InChI is InChI=1S/C21H26BrN3O/c1-4-6-12(2)23-21(26)13-9-15-14-7-5-8-17-19(14)16(20(22)24-17)10-18(15)25(3)11-13/h5,7-9,12-13,18,24H,4,6,10-11H2,1-3H3,(H,23,26)/t12-,13-,18-/m1/s1. The molecule has 0 bridgehead atoms. The minimum Gasteiger partial charge on any atom is -0.353 e. The van der Waals surface area contributed by atoms with Crippen molar-refractivity contribution in [2.75, 3.05) is 13.6 Å². The predicted octanol–water partition coefficient (Wildman–Crippen LogP) is 4.10. The van der Waals surface area contributed by atoms with Gasteiger partial charge in [-0.25, -0.2) is 0 Å². The number of aromatic amines is 1. The molecule has 2 heterocycles. The molecule has 1 aliphatic carbocycles. The fourth-order valence-corrected chi connectivity index (χ4v) is 5.09. The van der Waals surface area contributed by atoms with E-state index in [0.29, 0.717) is 6.04 Å². The van der Waals surface area contributed by atoms with Crippen molar-refractivity contribution in [2.24, 2.45) is 5.92 Å². The van der Waals surface area contributed by atoms with E-state index in [-0.39, 0.29) is 17.9 Å². The van der Waals surface area contributed by atoms with Crippen molar-refractivity contribution in [3.8, 4) is 0 Å². The largest absolute Gasteiger partial charge is 0.353 e. The molecule has 1 aliphatic heterocycles. The number of hydrogen-bond donors (Lipinski definition) is 2. The number of likely N-dealkylation sites (N-methyl/N-ethyl adjacent to an activating group) is 1. The average Bonchev–Trinajstić information content (AvgIpc) is 2.93. The maximum Gasteiger partial charge on any atom is 0.228 e. The van der Waals surface area contributed by atoms with Crippen molar-refractivity contribution >= 4 is 38.3 Å². The molecule has 4 rings (SSSR count). The SMILES string of the molecule is CCC[C@@H](C)NC(=O)[C@@H]1C=C2c3cccc4[nH]c(Br)c(c34)C[C@H]2N(C)C1. The van der Waals surface area contributed by atoms with Crippen LogP contribution in [0, 0.1) is 5.92 Å². The lowest BCUT2D eigenvalue weighted by molar-refractivity contribution is -0.124. The van der Waals surface area contributed by atoms with Crippen LogP contribution in [0.25, 0.3) is 16.5 Å². The third kappa shape index (κ3) is 2.91. The van der Waals surface area contributed by atoms with Gasteiger partial charge in [0.25, 0.3) is 0 Å². The molecule has 0 saturated carbocycles. The first-order valence-electron chi connectivity index (χ1n) is 9.51. The molecule has 5 heteroatoms. The highest BCUT2D eigenvalue weighted by Gasteiger charge is 2.36. The molecule has 0 spiro atoms. The second-order valence-corrected chi connectivity index (χ2v) is 8.52. The Morgan fingerprint density at radius 3 is 3.04 bits per heavy atom. The Morgan fingerprint density at radius 1 is 1.46 bits per heavy atom. The zero-order valence-electron chi connectivity index (χ0n) is 15.6. The topological polar surface area (TPSA) is 48.1 Å². The first-order valence-corrected chi connectivity index (χ1v) is 10.3. The Balaban J connectivity index is 1.72. The first kappa shape index (κ1) is 17.8. The van der Waals surface area contributed by atoms with Crippen LogP contribution in [0.5, 0.6) is 0 Å². The lowest BCUT2D eigenvalue weighted by Crippen LogP contribution is -2.47. The molecule has 0 fully saturated rings. The van der Waals surface area contributed by atoms with Crippen LogP contribution in [-0.2, 0) is 11.2 Å². The molecule has 1 aromatic carbocycles. The van der Waals surface area contributed by atoms with Crippen molar-refractivity contribution in [3.63, 3.8) is 0 Å². The van der Waals surface area contributed by atoms with Crippen LogP contribution >= 0.6 is 15.9 Å². The normalized spacial score (nSPS) is 23.5. The van der Waals surface area contributed by atoms with Gasteiger partial charge in [0.2, 0.25) is 5.91 Å². The van der Waals surface area contributed by atoms with E-state index in [4.69, 9.17) is 0 Å². The summed E-state index contributed by atoms with van der Waals surface area (Å²) in [7, 11) is 2.14. The number of nitrogens with zero attached hydrogens (tertiary/aromatic N) is 1. The molecule has 0 radical (unpaired) electrons. The van der Waals surface area contributed by atoms with Gasteiger partial charge < -0.3 is 10.3 Å². The smallest absolute Gasteiger partial charge is 0.228 e. The lowest BCUT2D eigenvalue weighted by atomic mass is 9.79. The summed E-state index contributed by atoms with van der Waals surface area (Å²) in [5, 5.41) is 4.49. The molecular formula is C21H26BrN3O. The third-order valence-corrected chi connectivity index (χ3v) is 6.46. The van der Waals surface area contributed by atoms with Crippen LogP contribution in [0.1, 0.15) is 37.8 Å². The van der Waals surface area contributed by atoms with E-state index < -0.39 is 0 Å². The molecule has 3 atom stereocenters. The summed E-state index contributed by atoms with van der Waals surface area (Å²) in [6.45, 7) is 5.01. The van der Waals surface area contributed by atoms with E-state index in [9.17, 15) is 4.79 Å². The molecule has 4 nitrogen and oxygen atoms in total. The van der Waals surface area contributed by atoms with E-state index in [1.807, 2.05) is 0 Å². The number of halogens is 1. The van der Waals surface area contributed by atoms with Crippen molar-refractivity contribution in [1.82, 2.24) is 15.2 Å². The molecule has 2 aromatic rings. The van der Waals surface area contributed by atoms with Gasteiger partial charge in [0, 0.05) is 29.5 Å². The first-order chi connectivity index (χ1) is 12.5. The van der Waals surface area contributed by atoms with Crippen LogP contribution in [0.15, 0.2) is 28.9 Å². The molecule has 2 N–H and O–H groups in total. The number of amides is 1. The Labute approximate surface area is 163 Å². The number of nitrogens with one attached hydrogen (secondary N) is 2. The Morgan fingerprint density at radius 2 is 2.27 bits per heavy atom. The van der Waals surface area contributed by atoms with Crippen LogP contribution in [0.4, 0.5) is 0 Å². The molecule has 0 saturated heterocycles. The molecule has 0 unspecified atom stereocenters. The predicted molar refractivity (Wildman–Crippen MR) is 110 cm³/mol. The van der Waals surface area contributed by atoms with Gasteiger partial charge in [0.1, 0.15) is 0 Å². The number of hydrogen-bond acceptors (Lipinski definition) is 2. The van der Waals surface area contributed by atoms with E-state index in [1.165, 1.54) is 22.1 Å². The van der Waals surface area contributed by atoms with E-state index in [0.717, 1.165) is 35.9 Å². The Hall–Kier alpha value is -1.59. The summed E-state index contributed by atoms with van der Waals surface area (Å²) >= 11 is 3.69. The number of carbonyl (C=O) groups excluding carboxylic acids is 1. The molecular weight excluding hydrogens is 390 g/mol. The van der Waals surface area contributed by atoms with Gasteiger partial charge in [-0.15, -0.1) is 0 Å². The highest BCUT2D eigenvalue weighted by atomic mass is 79.9. The fourth-order valence-electron chi connectivity index (χ4n) is 4.51. The quantitative estimate of drug-likeness (QED) is 0.789. The summed E-state index contributed by atoms with van der Waals surface area (Å²) in [6, 6.07) is 6.98. The zero-order valence-corrected chi connectivity index (χ0v) is 17.2. The summed E-state index contributed by atoms with van der Waals surface area (Å²) in [6.07, 6.45) is 5.30. The molecule has 2 aliphatic rings. The van der Waals surface area contributed by atoms with Crippen molar-refractivity contribution in [2.45, 2.75) is 45.2 Å². The number of aromatic nitrogens is 1. The van der Waals surface area contributed by atoms with E-state index >= 15 is 0 Å². The maximum absolute atomic E-state index is 12.8. The third-order valence-electron chi connectivity index (χ3n) is 5.79. The molecule has 138 valence electrons. The van der Waals surface area contributed by atoms with Gasteiger partial charge in [-0.1, -0.05) is 31.6 Å². The van der Waals surface area contributed by atoms with Crippen molar-refractivity contribution < 1.29 is 4.79 Å². The number of H-pyrrole nitrogens is 1. The van der Waals surface area contributed by atoms with Crippen molar-refractivity contribution in [1.29, 1.82) is 0 Å². The summed E-state index contributed by atoms with van der Waals surface area (Å²) in [5.74, 6) is 0.0571. The number of rotatable bonds is 4. The van der Waals surface area contributed by atoms with Crippen LogP contribution in [0.3, 0.4) is 0 Å². The van der Waals surface area contributed by atoms with Crippen LogP contribution < -0.4 is 5.32 Å². The highest BCUT2D eigenvalue weighted by Crippen LogP contribution is 2.43. The van der Waals surface area contributed by atoms with Gasteiger partial charge in [0.05, 0.1) is 10.5 Å². The van der Waals surface area contributed by atoms with Crippen LogP contribution in [0.2, 0.25) is 0 Å².